The highest BCUT2D eigenvalue weighted by molar-refractivity contribution is 9.10. The van der Waals surface area contributed by atoms with E-state index in [0.29, 0.717) is 6.42 Å². The first-order valence-electron chi connectivity index (χ1n) is 9.69. The molecule has 1 atom stereocenters. The van der Waals surface area contributed by atoms with E-state index in [-0.39, 0.29) is 5.97 Å². The van der Waals surface area contributed by atoms with Crippen LogP contribution in [0.2, 0.25) is 0 Å². The minimum atomic E-state index is -0.680. The summed E-state index contributed by atoms with van der Waals surface area (Å²) in [5.41, 5.74) is 4.69. The van der Waals surface area contributed by atoms with Gasteiger partial charge in [-0.15, -0.1) is 0 Å². The molecule has 0 fully saturated rings. The number of aromatic nitrogens is 1. The van der Waals surface area contributed by atoms with Gasteiger partial charge in [-0.05, 0) is 27.6 Å². The van der Waals surface area contributed by atoms with Crippen molar-refractivity contribution in [1.29, 1.82) is 0 Å². The Bertz CT molecular complexity index is 1140. The molecule has 0 aliphatic heterocycles. The number of nitrogens with zero attached hydrogens (tertiary/aromatic N) is 1. The molecule has 0 saturated heterocycles. The van der Waals surface area contributed by atoms with Crippen LogP contribution in [0.4, 0.5) is 0 Å². The van der Waals surface area contributed by atoms with E-state index in [1.165, 1.54) is 7.11 Å². The number of hydrogen-bond donors (Lipinski definition) is 1. The number of hydrogen-bond acceptors (Lipinski definition) is 3. The summed E-state index contributed by atoms with van der Waals surface area (Å²) < 4.78 is 5.97. The number of halogens is 1. The van der Waals surface area contributed by atoms with Crippen molar-refractivity contribution in [2.24, 2.45) is 4.99 Å². The van der Waals surface area contributed by atoms with Gasteiger partial charge in [0.2, 0.25) is 0 Å². The van der Waals surface area contributed by atoms with E-state index in [9.17, 15) is 4.79 Å². The van der Waals surface area contributed by atoms with Gasteiger partial charge in [-0.3, -0.25) is 4.99 Å². The van der Waals surface area contributed by atoms with Crippen LogP contribution in [0.1, 0.15) is 16.7 Å². The molecule has 0 unspecified atom stereocenters. The average molecular weight is 461 g/mol. The molecule has 0 saturated carbocycles. The zero-order valence-corrected chi connectivity index (χ0v) is 18.1. The van der Waals surface area contributed by atoms with Crippen LogP contribution in [0, 0.1) is 0 Å². The third-order valence-corrected chi connectivity index (χ3v) is 5.69. The number of nitrogens with one attached hydrogen (secondary N) is 1. The van der Waals surface area contributed by atoms with Crippen LogP contribution in [-0.4, -0.2) is 29.8 Å². The molecule has 4 rings (SSSR count). The van der Waals surface area contributed by atoms with E-state index >= 15 is 0 Å². The Morgan fingerprint density at radius 3 is 2.10 bits per heavy atom. The van der Waals surface area contributed by atoms with Crippen LogP contribution in [0.5, 0.6) is 0 Å². The quantitative estimate of drug-likeness (QED) is 0.302. The van der Waals surface area contributed by atoms with Gasteiger partial charge in [0, 0.05) is 28.5 Å². The summed E-state index contributed by atoms with van der Waals surface area (Å²) in [6.07, 6.45) is 0.417. The second-order valence-electron chi connectivity index (χ2n) is 6.92. The highest BCUT2D eigenvalue weighted by atomic mass is 79.9. The van der Waals surface area contributed by atoms with Crippen LogP contribution in [0.25, 0.3) is 10.9 Å². The van der Waals surface area contributed by atoms with Crippen molar-refractivity contribution in [2.75, 3.05) is 7.11 Å². The molecule has 4 nitrogen and oxygen atoms in total. The normalized spacial score (nSPS) is 11.8. The summed E-state index contributed by atoms with van der Waals surface area (Å²) in [6, 6.07) is 27.2. The number of carbonyl (C=O) groups excluding carboxylic acids is 1. The Balaban J connectivity index is 1.81. The van der Waals surface area contributed by atoms with Crippen molar-refractivity contribution in [2.45, 2.75) is 12.5 Å². The number of benzene rings is 3. The van der Waals surface area contributed by atoms with E-state index in [1.54, 1.807) is 0 Å². The second-order valence-corrected chi connectivity index (χ2v) is 7.71. The molecule has 0 aliphatic rings. The number of aliphatic imine (C=N–C) groups is 1. The van der Waals surface area contributed by atoms with Gasteiger partial charge in [-0.1, -0.05) is 78.9 Å². The lowest BCUT2D eigenvalue weighted by atomic mass is 10.0. The number of methoxy groups -OCH3 is 1. The highest BCUT2D eigenvalue weighted by Gasteiger charge is 2.24. The van der Waals surface area contributed by atoms with E-state index < -0.39 is 6.04 Å². The van der Waals surface area contributed by atoms with Crippen molar-refractivity contribution >= 4 is 38.5 Å². The second kappa shape index (κ2) is 9.09. The predicted molar refractivity (Wildman–Crippen MR) is 124 cm³/mol. The number of H-pyrrole nitrogens is 1. The predicted octanol–water partition coefficient (Wildman–Crippen LogP) is 5.55. The molecule has 0 radical (unpaired) electrons. The first-order valence-corrected chi connectivity index (χ1v) is 10.5. The molecule has 0 aliphatic carbocycles. The van der Waals surface area contributed by atoms with E-state index in [2.05, 4.69) is 20.9 Å². The van der Waals surface area contributed by atoms with Gasteiger partial charge in [0.25, 0.3) is 0 Å². The largest absolute Gasteiger partial charge is 0.467 e. The first-order chi connectivity index (χ1) is 14.7. The Kier molecular flexibility index (Phi) is 6.10. The summed E-state index contributed by atoms with van der Waals surface area (Å²) in [5.74, 6) is -0.364. The van der Waals surface area contributed by atoms with Crippen LogP contribution >= 0.6 is 15.9 Å². The van der Waals surface area contributed by atoms with Crippen molar-refractivity contribution in [3.05, 3.63) is 106 Å². The van der Waals surface area contributed by atoms with Gasteiger partial charge >= 0.3 is 5.97 Å². The summed E-state index contributed by atoms with van der Waals surface area (Å²) in [4.78, 5) is 21.0. The van der Waals surface area contributed by atoms with Gasteiger partial charge in [-0.25, -0.2) is 4.79 Å². The molecule has 150 valence electrons. The summed E-state index contributed by atoms with van der Waals surface area (Å²) in [6.45, 7) is 0. The number of fused-ring (bicyclic) bond motifs is 1. The SMILES string of the molecule is COC(=O)[C@@H](Cc1c(Br)[nH]c2ccccc12)N=C(c1ccccc1)c1ccccc1. The van der Waals surface area contributed by atoms with Gasteiger partial charge in [0.05, 0.1) is 17.4 Å². The number of carbonyl (C=O) groups is 1. The fourth-order valence-corrected chi connectivity index (χ4v) is 4.13. The topological polar surface area (TPSA) is 54.5 Å². The van der Waals surface area contributed by atoms with Gasteiger partial charge in [0.15, 0.2) is 6.04 Å². The molecule has 0 spiro atoms. The van der Waals surface area contributed by atoms with Gasteiger partial charge in [0.1, 0.15) is 0 Å². The molecule has 30 heavy (non-hydrogen) atoms. The molecular weight excluding hydrogens is 440 g/mol. The van der Waals surface area contributed by atoms with E-state index in [1.807, 2.05) is 84.9 Å². The fraction of sp³-hybridized carbons (Fsp3) is 0.120. The maximum atomic E-state index is 12.7. The Hall–Kier alpha value is -3.18. The van der Waals surface area contributed by atoms with Crippen LogP contribution in [0.15, 0.2) is 94.5 Å². The number of ether oxygens (including phenoxy) is 1. The minimum absolute atomic E-state index is 0.364. The molecule has 0 bridgehead atoms. The maximum Gasteiger partial charge on any atom is 0.330 e. The molecule has 5 heteroatoms. The van der Waals surface area contributed by atoms with Crippen molar-refractivity contribution in [1.82, 2.24) is 4.98 Å². The number of para-hydroxylation sites is 1. The Morgan fingerprint density at radius 2 is 1.50 bits per heavy atom. The Morgan fingerprint density at radius 1 is 0.933 bits per heavy atom. The van der Waals surface area contributed by atoms with Crippen LogP contribution in [-0.2, 0) is 16.0 Å². The zero-order valence-electron chi connectivity index (χ0n) is 16.5. The lowest BCUT2D eigenvalue weighted by Gasteiger charge is -2.15. The average Bonchev–Trinajstić information content (AvgIpc) is 3.12. The molecular formula is C25H21BrN2O2. The molecule has 4 aromatic rings. The van der Waals surface area contributed by atoms with Gasteiger partial charge < -0.3 is 9.72 Å². The summed E-state index contributed by atoms with van der Waals surface area (Å²) in [7, 11) is 1.40. The lowest BCUT2D eigenvalue weighted by molar-refractivity contribution is -0.142. The number of esters is 1. The highest BCUT2D eigenvalue weighted by Crippen LogP contribution is 2.28. The standard InChI is InChI=1S/C25H21BrN2O2/c1-30-25(29)22(16-20-19-14-8-9-15-21(19)28-24(20)26)27-23(17-10-4-2-5-11-17)18-12-6-3-7-13-18/h2-15,22,28H,16H2,1H3/t22-/m1/s1. The Labute approximate surface area is 183 Å². The van der Waals surface area contributed by atoms with Gasteiger partial charge in [-0.2, -0.15) is 0 Å². The third-order valence-electron chi connectivity index (χ3n) is 5.01. The van der Waals surface area contributed by atoms with Crippen LogP contribution in [0.3, 0.4) is 0 Å². The van der Waals surface area contributed by atoms with Crippen molar-refractivity contribution in [3.63, 3.8) is 0 Å². The fourth-order valence-electron chi connectivity index (χ4n) is 3.54. The van der Waals surface area contributed by atoms with Crippen molar-refractivity contribution < 1.29 is 9.53 Å². The third kappa shape index (κ3) is 4.21. The summed E-state index contributed by atoms with van der Waals surface area (Å²) >= 11 is 3.61. The molecule has 3 aromatic carbocycles. The zero-order chi connectivity index (χ0) is 20.9. The molecule has 1 aromatic heterocycles. The van der Waals surface area contributed by atoms with Crippen LogP contribution < -0.4 is 0 Å². The number of aromatic amines is 1. The molecule has 0 amide bonds. The number of rotatable bonds is 6. The first kappa shape index (κ1) is 20.1. The maximum absolute atomic E-state index is 12.7. The van der Waals surface area contributed by atoms with Crippen molar-refractivity contribution in [3.8, 4) is 0 Å². The summed E-state index contributed by atoms with van der Waals surface area (Å²) in [5, 5.41) is 1.06. The van der Waals surface area contributed by atoms with E-state index in [4.69, 9.17) is 9.73 Å². The van der Waals surface area contributed by atoms with E-state index in [0.717, 1.165) is 37.9 Å². The smallest absolute Gasteiger partial charge is 0.330 e. The monoisotopic (exact) mass is 460 g/mol. The minimum Gasteiger partial charge on any atom is -0.467 e. The molecule has 1 N–H and O–H groups in total. The molecule has 1 heterocycles. The lowest BCUT2D eigenvalue weighted by Crippen LogP contribution is -2.25.